The van der Waals surface area contributed by atoms with Gasteiger partial charge in [-0.3, -0.25) is 0 Å². The van der Waals surface area contributed by atoms with Crippen molar-refractivity contribution in [1.29, 1.82) is 0 Å². The summed E-state index contributed by atoms with van der Waals surface area (Å²) in [7, 11) is 0. The lowest BCUT2D eigenvalue weighted by Gasteiger charge is -1.98. The molecule has 0 heterocycles. The third-order valence-electron chi connectivity index (χ3n) is 1.87. The number of rotatable bonds is 1. The normalized spacial score (nSPS) is 23.0. The highest BCUT2D eigenvalue weighted by Gasteiger charge is 2.11. The molecular weight excluding hydrogens is 99.0 g/mol. The monoisotopic (exact) mass is 111 g/mol. The summed E-state index contributed by atoms with van der Waals surface area (Å²) in [5.41, 5.74) is 0. The van der Waals surface area contributed by atoms with Gasteiger partial charge in [-0.1, -0.05) is 30.5 Å². The van der Waals surface area contributed by atoms with Crippen molar-refractivity contribution >= 4 is 15.2 Å². The van der Waals surface area contributed by atoms with Crippen LogP contribution in [0.4, 0.5) is 0 Å². The predicted molar refractivity (Wildman–Crippen MR) is 33.8 cm³/mol. The zero-order chi connectivity index (χ0) is 5.11. The Labute approximate surface area is 52.0 Å². The first-order valence-electron chi connectivity index (χ1n) is 3.23. The van der Waals surface area contributed by atoms with Crippen LogP contribution in [0.3, 0.4) is 0 Å². The quantitative estimate of drug-likeness (QED) is 0.454. The van der Waals surface area contributed by atoms with Crippen molar-refractivity contribution in [1.82, 2.24) is 0 Å². The minimum Gasteiger partial charge on any atom is -0.115 e. The Bertz CT molecular complexity index is 46.1. The van der Waals surface area contributed by atoms with Crippen molar-refractivity contribution in [3.05, 3.63) is 0 Å². The van der Waals surface area contributed by atoms with Gasteiger partial charge in [0.1, 0.15) is 0 Å². The minimum absolute atomic E-state index is 0.801. The van der Waals surface area contributed by atoms with Crippen LogP contribution in [0.1, 0.15) is 25.7 Å². The van der Waals surface area contributed by atoms with Gasteiger partial charge in [0.15, 0.2) is 0 Å². The largest absolute Gasteiger partial charge is 0.200 e. The Hall–Kier alpha value is 0.532. The average Bonchev–Trinajstić information content (AvgIpc) is 2.14. The molecule has 0 bridgehead atoms. The number of hydrogen-bond acceptors (Lipinski definition) is 0. The van der Waals surface area contributed by atoms with Crippen molar-refractivity contribution in [3.63, 3.8) is 0 Å². The average molecular weight is 111 g/mol. The maximum absolute atomic E-state index is 2.38. The Morgan fingerprint density at radius 3 is 2.14 bits per heavy atom. The predicted octanol–water partition coefficient (Wildman–Crippen LogP) is 2.10. The molecule has 0 aromatic rings. The zero-order valence-corrected chi connectivity index (χ0v) is 6.14. The van der Waals surface area contributed by atoms with Crippen molar-refractivity contribution in [2.24, 2.45) is 0 Å². The van der Waals surface area contributed by atoms with E-state index >= 15 is 0 Å². The van der Waals surface area contributed by atoms with Crippen LogP contribution in [-0.4, -0.2) is 15.2 Å². The summed E-state index contributed by atoms with van der Waals surface area (Å²) < 4.78 is 1.18. The molecule has 1 heteroatoms. The molecule has 0 N–H and O–H groups in total. The summed E-state index contributed by atoms with van der Waals surface area (Å²) in [5.74, 6) is 2.38. The SMILES string of the molecule is [CH3][Al][CH]1CCCC1. The van der Waals surface area contributed by atoms with Crippen molar-refractivity contribution in [3.8, 4) is 0 Å². The van der Waals surface area contributed by atoms with Gasteiger partial charge < -0.3 is 0 Å². The molecule has 0 nitrogen and oxygen atoms in total. The molecule has 1 aliphatic rings. The maximum atomic E-state index is 2.38. The van der Waals surface area contributed by atoms with E-state index in [-0.39, 0.29) is 0 Å². The Morgan fingerprint density at radius 2 is 1.86 bits per heavy atom. The summed E-state index contributed by atoms with van der Waals surface area (Å²) in [6, 6.07) is 0. The highest BCUT2D eigenvalue weighted by Crippen LogP contribution is 2.28. The highest BCUT2D eigenvalue weighted by molar-refractivity contribution is 6.35. The Morgan fingerprint density at radius 1 is 1.29 bits per heavy atom. The summed E-state index contributed by atoms with van der Waals surface area (Å²) in [4.78, 5) is 0. The first-order chi connectivity index (χ1) is 3.43. The molecule has 1 fully saturated rings. The van der Waals surface area contributed by atoms with E-state index in [0.29, 0.717) is 0 Å². The van der Waals surface area contributed by atoms with Crippen LogP contribution in [0, 0.1) is 0 Å². The second-order valence-electron chi connectivity index (χ2n) is 2.38. The molecule has 1 saturated carbocycles. The topological polar surface area (TPSA) is 0 Å². The maximum Gasteiger partial charge on any atom is 0.200 e. The van der Waals surface area contributed by atoms with Crippen LogP contribution < -0.4 is 0 Å². The molecule has 39 valence electrons. The van der Waals surface area contributed by atoms with E-state index in [1.165, 1.54) is 17.6 Å². The highest BCUT2D eigenvalue weighted by atomic mass is 27.1. The lowest BCUT2D eigenvalue weighted by Crippen LogP contribution is -1.90. The van der Waals surface area contributed by atoms with Gasteiger partial charge in [0.2, 0.25) is 15.2 Å². The second kappa shape index (κ2) is 2.75. The number of hydrogen-bond donors (Lipinski definition) is 0. The van der Waals surface area contributed by atoms with Crippen LogP contribution >= 0.6 is 0 Å². The molecule has 1 aliphatic carbocycles. The van der Waals surface area contributed by atoms with Crippen LogP contribution in [0.25, 0.3) is 0 Å². The van der Waals surface area contributed by atoms with Crippen LogP contribution in [0.15, 0.2) is 0 Å². The fourth-order valence-electron chi connectivity index (χ4n) is 1.29. The van der Waals surface area contributed by atoms with Gasteiger partial charge in [0.05, 0.1) is 0 Å². The summed E-state index contributed by atoms with van der Waals surface area (Å²) in [5, 5.41) is 0. The second-order valence-corrected chi connectivity index (χ2v) is 3.99. The first kappa shape index (κ1) is 5.67. The van der Waals surface area contributed by atoms with Gasteiger partial charge >= 0.3 is 0 Å². The molecule has 0 aliphatic heterocycles. The lowest BCUT2D eigenvalue weighted by atomic mass is 10.4. The molecule has 0 aromatic heterocycles. The van der Waals surface area contributed by atoms with Crippen LogP contribution in [-0.2, 0) is 0 Å². The van der Waals surface area contributed by atoms with Crippen LogP contribution in [0.2, 0.25) is 10.6 Å². The molecular formula is C6H12Al. The molecule has 0 unspecified atom stereocenters. The van der Waals surface area contributed by atoms with Gasteiger partial charge in [-0.05, 0) is 0 Å². The van der Waals surface area contributed by atoms with E-state index < -0.39 is 0 Å². The third kappa shape index (κ3) is 1.48. The molecule has 0 aromatic carbocycles. The van der Waals surface area contributed by atoms with E-state index in [1.807, 2.05) is 0 Å². The molecule has 0 amide bonds. The van der Waals surface area contributed by atoms with Gasteiger partial charge in [-0.2, -0.15) is 0 Å². The fraction of sp³-hybridized carbons (Fsp3) is 1.00. The Kier molecular flexibility index (Phi) is 2.22. The van der Waals surface area contributed by atoms with Crippen molar-refractivity contribution in [2.75, 3.05) is 0 Å². The fourth-order valence-corrected chi connectivity index (χ4v) is 2.43. The van der Waals surface area contributed by atoms with E-state index in [0.717, 1.165) is 15.2 Å². The smallest absolute Gasteiger partial charge is 0.115 e. The van der Waals surface area contributed by atoms with Crippen molar-refractivity contribution < 1.29 is 0 Å². The summed E-state index contributed by atoms with van der Waals surface area (Å²) in [6.07, 6.45) is 6.13. The molecule has 1 rings (SSSR count). The van der Waals surface area contributed by atoms with Gasteiger partial charge in [0.25, 0.3) is 0 Å². The van der Waals surface area contributed by atoms with Gasteiger partial charge in [-0.25, -0.2) is 0 Å². The Balaban J connectivity index is 2.14. The standard InChI is InChI=1S/C5H9.CH3.Al/c1-2-4-5-3-1;;/h1H,2-5H2;1H3;. The van der Waals surface area contributed by atoms with E-state index in [1.54, 1.807) is 12.8 Å². The van der Waals surface area contributed by atoms with E-state index in [9.17, 15) is 0 Å². The molecule has 7 heavy (non-hydrogen) atoms. The third-order valence-corrected chi connectivity index (χ3v) is 3.48. The summed E-state index contributed by atoms with van der Waals surface area (Å²) in [6.45, 7) is 0. The molecule has 0 saturated heterocycles. The zero-order valence-electron chi connectivity index (χ0n) is 4.98. The van der Waals surface area contributed by atoms with E-state index in [4.69, 9.17) is 0 Å². The molecule has 0 spiro atoms. The molecule has 1 radical (unpaired) electrons. The van der Waals surface area contributed by atoms with Crippen LogP contribution in [0.5, 0.6) is 0 Å². The first-order valence-corrected chi connectivity index (χ1v) is 5.05. The summed E-state index contributed by atoms with van der Waals surface area (Å²) >= 11 is 0.801. The minimum atomic E-state index is 0.801. The van der Waals surface area contributed by atoms with E-state index in [2.05, 4.69) is 5.79 Å². The van der Waals surface area contributed by atoms with Gasteiger partial charge in [0, 0.05) is 0 Å². The van der Waals surface area contributed by atoms with Gasteiger partial charge in [-0.15, -0.1) is 5.79 Å². The lowest BCUT2D eigenvalue weighted by molar-refractivity contribution is 0.869. The van der Waals surface area contributed by atoms with Crippen molar-refractivity contribution in [2.45, 2.75) is 36.2 Å². The molecule has 0 atom stereocenters.